The fourth-order valence-electron chi connectivity index (χ4n) is 5.53. The second-order valence-corrected chi connectivity index (χ2v) is 11.2. The summed E-state index contributed by atoms with van der Waals surface area (Å²) in [6.45, 7) is 4.61. The minimum atomic E-state index is 0.724. The molecule has 1 rings (SSSR count). The lowest BCUT2D eigenvalue weighted by Gasteiger charge is -2.13. The Labute approximate surface area is 215 Å². The van der Waals surface area contributed by atoms with Crippen molar-refractivity contribution in [3.63, 3.8) is 0 Å². The van der Waals surface area contributed by atoms with Gasteiger partial charge in [-0.2, -0.15) is 0 Å². The SMILES string of the molecule is CCCCCCCCCCCCCCCC[C@H](CCCCCCCCCCC)c1[nH]cc[n+]1C. The summed E-state index contributed by atoms with van der Waals surface area (Å²) < 4.78 is 2.32. The maximum absolute atomic E-state index is 3.55. The average Bonchev–Trinajstić information content (AvgIpc) is 3.27. The van der Waals surface area contributed by atoms with Gasteiger partial charge in [0.15, 0.2) is 0 Å². The number of hydrogen-bond donors (Lipinski definition) is 1. The number of aromatic amines is 1. The normalized spacial score (nSPS) is 12.4. The van der Waals surface area contributed by atoms with Crippen LogP contribution in [0.2, 0.25) is 0 Å². The first-order chi connectivity index (χ1) is 16.8. The van der Waals surface area contributed by atoms with E-state index in [1.807, 2.05) is 0 Å². The number of nitrogens with zero attached hydrogens (tertiary/aromatic N) is 1. The van der Waals surface area contributed by atoms with Crippen LogP contribution in [0.3, 0.4) is 0 Å². The van der Waals surface area contributed by atoms with Crippen LogP contribution in [0.15, 0.2) is 12.4 Å². The van der Waals surface area contributed by atoms with Gasteiger partial charge in [0.1, 0.15) is 12.4 Å². The lowest BCUT2D eigenvalue weighted by molar-refractivity contribution is -0.679. The van der Waals surface area contributed by atoms with Crippen LogP contribution in [-0.2, 0) is 7.05 Å². The number of H-pyrrole nitrogens is 1. The zero-order chi connectivity index (χ0) is 24.5. The highest BCUT2D eigenvalue weighted by atomic mass is 15.0. The Hall–Kier alpha value is -0.790. The van der Waals surface area contributed by atoms with Crippen LogP contribution in [0.5, 0.6) is 0 Å². The van der Waals surface area contributed by atoms with Gasteiger partial charge in [0, 0.05) is 0 Å². The van der Waals surface area contributed by atoms with E-state index < -0.39 is 0 Å². The standard InChI is InChI=1S/C32H62N2/c1-4-6-8-10-12-14-15-16-17-18-20-22-24-26-28-31(32-33-29-30-34(32)3)27-25-23-21-19-13-11-9-7-5-2/h29-31H,4-28H2,1-3H3/p+1/t31-/m0/s1. The smallest absolute Gasteiger partial charge is 0.247 e. The van der Waals surface area contributed by atoms with Crippen molar-refractivity contribution in [2.24, 2.45) is 7.05 Å². The lowest BCUT2D eigenvalue weighted by atomic mass is 9.93. The quantitative estimate of drug-likeness (QED) is 0.101. The first kappa shape index (κ1) is 31.2. The average molecular weight is 476 g/mol. The van der Waals surface area contributed by atoms with Crippen molar-refractivity contribution in [1.82, 2.24) is 4.98 Å². The summed E-state index contributed by atoms with van der Waals surface area (Å²) in [7, 11) is 2.21. The molecule has 0 saturated carbocycles. The minimum Gasteiger partial charge on any atom is -0.247 e. The molecule has 0 unspecified atom stereocenters. The van der Waals surface area contributed by atoms with Crippen molar-refractivity contribution >= 4 is 0 Å². The highest BCUT2D eigenvalue weighted by Gasteiger charge is 2.20. The molecule has 0 aromatic carbocycles. The molecule has 0 radical (unpaired) electrons. The van der Waals surface area contributed by atoms with Crippen LogP contribution in [0.25, 0.3) is 0 Å². The van der Waals surface area contributed by atoms with Crippen molar-refractivity contribution in [1.29, 1.82) is 0 Å². The highest BCUT2D eigenvalue weighted by molar-refractivity contribution is 4.89. The Morgan fingerprint density at radius 2 is 0.853 bits per heavy atom. The Kier molecular flexibility index (Phi) is 22.0. The molecule has 0 bridgehead atoms. The van der Waals surface area contributed by atoms with Gasteiger partial charge in [-0.1, -0.05) is 162 Å². The third-order valence-corrected chi connectivity index (χ3v) is 7.86. The molecule has 2 nitrogen and oxygen atoms in total. The van der Waals surface area contributed by atoms with E-state index in [0.29, 0.717) is 0 Å². The summed E-state index contributed by atoms with van der Waals surface area (Å²) >= 11 is 0. The second kappa shape index (κ2) is 23.9. The number of hydrogen-bond acceptors (Lipinski definition) is 0. The van der Waals surface area contributed by atoms with Gasteiger partial charge in [-0.25, -0.2) is 9.55 Å². The van der Waals surface area contributed by atoms with Gasteiger partial charge in [0.05, 0.1) is 13.0 Å². The van der Waals surface area contributed by atoms with Gasteiger partial charge >= 0.3 is 0 Å². The van der Waals surface area contributed by atoms with E-state index in [1.54, 1.807) is 0 Å². The first-order valence-electron chi connectivity index (χ1n) is 15.8. The first-order valence-corrected chi connectivity index (χ1v) is 15.8. The molecule has 0 aliphatic rings. The Morgan fingerprint density at radius 1 is 0.529 bits per heavy atom. The molecule has 1 N–H and O–H groups in total. The van der Waals surface area contributed by atoms with Crippen LogP contribution in [0.1, 0.15) is 186 Å². The molecule has 1 atom stereocenters. The number of unbranched alkanes of at least 4 members (excludes halogenated alkanes) is 21. The Morgan fingerprint density at radius 3 is 1.15 bits per heavy atom. The van der Waals surface area contributed by atoms with E-state index in [0.717, 1.165) is 5.92 Å². The summed E-state index contributed by atoms with van der Waals surface area (Å²) in [5.41, 5.74) is 0. The molecule has 1 heterocycles. The van der Waals surface area contributed by atoms with E-state index >= 15 is 0 Å². The molecule has 0 spiro atoms. The molecular weight excluding hydrogens is 412 g/mol. The monoisotopic (exact) mass is 475 g/mol. The number of nitrogens with one attached hydrogen (secondary N) is 1. The second-order valence-electron chi connectivity index (χ2n) is 11.2. The van der Waals surface area contributed by atoms with E-state index in [2.05, 4.69) is 42.8 Å². The molecular formula is C32H63N2+. The molecule has 0 saturated heterocycles. The van der Waals surface area contributed by atoms with E-state index in [-0.39, 0.29) is 0 Å². The van der Waals surface area contributed by atoms with Crippen molar-refractivity contribution in [2.45, 2.75) is 180 Å². The molecule has 2 heteroatoms. The molecule has 34 heavy (non-hydrogen) atoms. The number of aromatic nitrogens is 2. The molecule has 0 fully saturated rings. The highest BCUT2D eigenvalue weighted by Crippen LogP contribution is 2.26. The van der Waals surface area contributed by atoms with E-state index in [1.165, 1.54) is 166 Å². The Bertz CT molecular complexity index is 521. The van der Waals surface area contributed by atoms with Crippen molar-refractivity contribution in [3.05, 3.63) is 18.2 Å². The van der Waals surface area contributed by atoms with Crippen LogP contribution in [0, 0.1) is 0 Å². The van der Waals surface area contributed by atoms with Crippen LogP contribution < -0.4 is 4.57 Å². The van der Waals surface area contributed by atoms with E-state index in [9.17, 15) is 0 Å². The zero-order valence-corrected chi connectivity index (χ0v) is 23.9. The summed E-state index contributed by atoms with van der Waals surface area (Å²) in [4.78, 5) is 3.55. The predicted molar refractivity (Wildman–Crippen MR) is 151 cm³/mol. The lowest BCUT2D eigenvalue weighted by Crippen LogP contribution is -2.32. The third kappa shape index (κ3) is 17.6. The number of aryl methyl sites for hydroxylation is 1. The Balaban J connectivity index is 2.04. The molecule has 200 valence electrons. The van der Waals surface area contributed by atoms with Gasteiger partial charge in [0.2, 0.25) is 0 Å². The van der Waals surface area contributed by atoms with Crippen molar-refractivity contribution in [2.75, 3.05) is 0 Å². The summed E-state index contributed by atoms with van der Waals surface area (Å²) in [5, 5.41) is 0. The van der Waals surface area contributed by atoms with Crippen LogP contribution in [0.4, 0.5) is 0 Å². The topological polar surface area (TPSA) is 19.7 Å². The fourth-order valence-corrected chi connectivity index (χ4v) is 5.53. The third-order valence-electron chi connectivity index (χ3n) is 7.86. The van der Waals surface area contributed by atoms with Crippen molar-refractivity contribution in [3.8, 4) is 0 Å². The zero-order valence-electron chi connectivity index (χ0n) is 23.9. The molecule has 0 aliphatic carbocycles. The molecule has 0 aliphatic heterocycles. The van der Waals surface area contributed by atoms with Crippen LogP contribution >= 0.6 is 0 Å². The summed E-state index contributed by atoms with van der Waals surface area (Å²) in [6.07, 6.45) is 40.1. The van der Waals surface area contributed by atoms with Gasteiger partial charge in [-0.15, -0.1) is 0 Å². The molecule has 1 aromatic heterocycles. The largest absolute Gasteiger partial charge is 0.257 e. The number of imidazole rings is 1. The minimum absolute atomic E-state index is 0.724. The molecule has 0 amide bonds. The van der Waals surface area contributed by atoms with Gasteiger partial charge in [-0.05, 0) is 12.8 Å². The van der Waals surface area contributed by atoms with Gasteiger partial charge in [-0.3, -0.25) is 0 Å². The maximum Gasteiger partial charge on any atom is 0.257 e. The van der Waals surface area contributed by atoms with E-state index in [4.69, 9.17) is 0 Å². The number of rotatable bonds is 26. The molecule has 1 aromatic rings. The maximum atomic E-state index is 3.55. The summed E-state index contributed by atoms with van der Waals surface area (Å²) in [5.74, 6) is 2.18. The fraction of sp³-hybridized carbons (Fsp3) is 0.906. The van der Waals surface area contributed by atoms with Gasteiger partial charge in [0.25, 0.3) is 5.82 Å². The summed E-state index contributed by atoms with van der Waals surface area (Å²) in [6, 6.07) is 0. The predicted octanol–water partition coefficient (Wildman–Crippen LogP) is 10.7. The van der Waals surface area contributed by atoms with Crippen molar-refractivity contribution < 1.29 is 4.57 Å². The van der Waals surface area contributed by atoms with Gasteiger partial charge < -0.3 is 0 Å². The van der Waals surface area contributed by atoms with Crippen LogP contribution in [-0.4, -0.2) is 4.98 Å².